The first-order chi connectivity index (χ1) is 8.24. The van der Waals surface area contributed by atoms with Crippen LogP contribution in [0.4, 0.5) is 0 Å². The second-order valence-electron chi connectivity index (χ2n) is 4.03. The standard InChI is InChI=1S/C11H21N3O3/c12-4-8-17-9-10(15)13-5-3-11(16)14-6-1-2-7-14/h1-9,12H2,(H,13,15). The molecule has 0 saturated carbocycles. The Labute approximate surface area is 101 Å². The van der Waals surface area contributed by atoms with E-state index in [1.165, 1.54) is 0 Å². The van der Waals surface area contributed by atoms with Crippen molar-refractivity contribution in [3.63, 3.8) is 0 Å². The Bertz CT molecular complexity index is 252. The molecule has 98 valence electrons. The molecule has 0 atom stereocenters. The Morgan fingerprint density at radius 2 is 2.00 bits per heavy atom. The van der Waals surface area contributed by atoms with E-state index in [4.69, 9.17) is 10.5 Å². The number of ether oxygens (including phenoxy) is 1. The summed E-state index contributed by atoms with van der Waals surface area (Å²) in [5, 5.41) is 2.64. The highest BCUT2D eigenvalue weighted by molar-refractivity contribution is 5.79. The SMILES string of the molecule is NCCOCC(=O)NCCC(=O)N1CCCC1. The molecule has 6 heteroatoms. The van der Waals surface area contributed by atoms with E-state index in [0.717, 1.165) is 25.9 Å². The third kappa shape index (κ3) is 5.65. The molecule has 1 saturated heterocycles. The van der Waals surface area contributed by atoms with Crippen molar-refractivity contribution < 1.29 is 14.3 Å². The maximum atomic E-state index is 11.6. The molecule has 2 amide bonds. The summed E-state index contributed by atoms with van der Waals surface area (Å²) in [4.78, 5) is 24.7. The Balaban J connectivity index is 2.02. The van der Waals surface area contributed by atoms with Gasteiger partial charge in [0.15, 0.2) is 0 Å². The third-order valence-electron chi connectivity index (χ3n) is 2.62. The molecule has 1 heterocycles. The number of likely N-dealkylation sites (tertiary alicyclic amines) is 1. The van der Waals surface area contributed by atoms with Gasteiger partial charge >= 0.3 is 0 Å². The number of carbonyl (C=O) groups is 2. The summed E-state index contributed by atoms with van der Waals surface area (Å²) in [5.41, 5.74) is 5.22. The van der Waals surface area contributed by atoms with Crippen molar-refractivity contribution in [3.05, 3.63) is 0 Å². The molecule has 1 fully saturated rings. The van der Waals surface area contributed by atoms with E-state index in [2.05, 4.69) is 5.32 Å². The Hall–Kier alpha value is -1.14. The van der Waals surface area contributed by atoms with Gasteiger partial charge in [-0.1, -0.05) is 0 Å². The molecular formula is C11H21N3O3. The number of amides is 2. The predicted molar refractivity (Wildman–Crippen MR) is 63.3 cm³/mol. The lowest BCUT2D eigenvalue weighted by atomic mass is 10.3. The maximum absolute atomic E-state index is 11.6. The summed E-state index contributed by atoms with van der Waals surface area (Å²) in [6, 6.07) is 0. The van der Waals surface area contributed by atoms with Gasteiger partial charge in [0.05, 0.1) is 6.61 Å². The van der Waals surface area contributed by atoms with E-state index < -0.39 is 0 Å². The van der Waals surface area contributed by atoms with Gasteiger partial charge in [-0.15, -0.1) is 0 Å². The molecule has 17 heavy (non-hydrogen) atoms. The van der Waals surface area contributed by atoms with Gasteiger partial charge in [-0.2, -0.15) is 0 Å². The highest BCUT2D eigenvalue weighted by atomic mass is 16.5. The summed E-state index contributed by atoms with van der Waals surface area (Å²) >= 11 is 0. The third-order valence-corrected chi connectivity index (χ3v) is 2.62. The zero-order valence-corrected chi connectivity index (χ0v) is 10.1. The molecule has 0 unspecified atom stereocenters. The van der Waals surface area contributed by atoms with Gasteiger partial charge in [0.2, 0.25) is 11.8 Å². The summed E-state index contributed by atoms with van der Waals surface area (Å²) in [6.45, 7) is 2.87. The van der Waals surface area contributed by atoms with Crippen LogP contribution in [0.2, 0.25) is 0 Å². The Kier molecular flexibility index (Phi) is 6.57. The van der Waals surface area contributed by atoms with Crippen molar-refractivity contribution in [2.45, 2.75) is 19.3 Å². The quantitative estimate of drug-likeness (QED) is 0.567. The molecule has 0 aromatic rings. The summed E-state index contributed by atoms with van der Waals surface area (Å²) < 4.78 is 4.97. The van der Waals surface area contributed by atoms with Gasteiger partial charge in [-0.25, -0.2) is 0 Å². The highest BCUT2D eigenvalue weighted by Crippen LogP contribution is 2.08. The van der Waals surface area contributed by atoms with E-state index in [1.54, 1.807) is 0 Å². The minimum Gasteiger partial charge on any atom is -0.370 e. The first kappa shape index (κ1) is 13.9. The van der Waals surface area contributed by atoms with E-state index in [1.807, 2.05) is 4.90 Å². The molecule has 0 radical (unpaired) electrons. The lowest BCUT2D eigenvalue weighted by molar-refractivity contribution is -0.130. The van der Waals surface area contributed by atoms with Crippen LogP contribution in [-0.4, -0.2) is 56.1 Å². The van der Waals surface area contributed by atoms with E-state index in [0.29, 0.717) is 26.1 Å². The molecule has 0 aliphatic carbocycles. The molecule has 1 aliphatic heterocycles. The number of nitrogens with two attached hydrogens (primary N) is 1. The molecule has 0 aromatic carbocycles. The van der Waals surface area contributed by atoms with E-state index in [-0.39, 0.29) is 18.4 Å². The van der Waals surface area contributed by atoms with Gasteiger partial charge in [0, 0.05) is 32.6 Å². The molecule has 0 bridgehead atoms. The lowest BCUT2D eigenvalue weighted by Crippen LogP contribution is -2.34. The molecular weight excluding hydrogens is 222 g/mol. The number of nitrogens with zero attached hydrogens (tertiary/aromatic N) is 1. The fourth-order valence-corrected chi connectivity index (χ4v) is 1.73. The second kappa shape index (κ2) is 8.03. The molecule has 0 spiro atoms. The first-order valence-electron chi connectivity index (χ1n) is 6.06. The summed E-state index contributed by atoms with van der Waals surface area (Å²) in [7, 11) is 0. The average Bonchev–Trinajstić information content (AvgIpc) is 2.82. The van der Waals surface area contributed by atoms with Crippen molar-refractivity contribution >= 4 is 11.8 Å². The topological polar surface area (TPSA) is 84.7 Å². The van der Waals surface area contributed by atoms with Crippen LogP contribution in [0.1, 0.15) is 19.3 Å². The summed E-state index contributed by atoms with van der Waals surface area (Å²) in [5.74, 6) is -0.0849. The molecule has 3 N–H and O–H groups in total. The Morgan fingerprint density at radius 3 is 2.65 bits per heavy atom. The number of hydrogen-bond acceptors (Lipinski definition) is 4. The summed E-state index contributed by atoms with van der Waals surface area (Å²) in [6.07, 6.45) is 2.54. The van der Waals surface area contributed by atoms with Crippen LogP contribution in [0.15, 0.2) is 0 Å². The van der Waals surface area contributed by atoms with E-state index >= 15 is 0 Å². The fourth-order valence-electron chi connectivity index (χ4n) is 1.73. The van der Waals surface area contributed by atoms with Crippen molar-refractivity contribution in [3.8, 4) is 0 Å². The number of nitrogens with one attached hydrogen (secondary N) is 1. The van der Waals surface area contributed by atoms with Gasteiger partial charge in [-0.3, -0.25) is 9.59 Å². The van der Waals surface area contributed by atoms with Gasteiger partial charge in [0.25, 0.3) is 0 Å². The molecule has 1 rings (SSSR count). The lowest BCUT2D eigenvalue weighted by Gasteiger charge is -2.15. The van der Waals surface area contributed by atoms with Gasteiger partial charge < -0.3 is 20.7 Å². The zero-order valence-electron chi connectivity index (χ0n) is 10.1. The van der Waals surface area contributed by atoms with Crippen LogP contribution < -0.4 is 11.1 Å². The largest absolute Gasteiger partial charge is 0.370 e. The van der Waals surface area contributed by atoms with Crippen LogP contribution in [0.3, 0.4) is 0 Å². The maximum Gasteiger partial charge on any atom is 0.246 e. The van der Waals surface area contributed by atoms with E-state index in [9.17, 15) is 9.59 Å². The van der Waals surface area contributed by atoms with Crippen LogP contribution in [0, 0.1) is 0 Å². The highest BCUT2D eigenvalue weighted by Gasteiger charge is 2.17. The van der Waals surface area contributed by atoms with Crippen LogP contribution >= 0.6 is 0 Å². The molecule has 6 nitrogen and oxygen atoms in total. The second-order valence-corrected chi connectivity index (χ2v) is 4.03. The van der Waals surface area contributed by atoms with Crippen LogP contribution in [0.25, 0.3) is 0 Å². The van der Waals surface area contributed by atoms with Crippen LogP contribution in [-0.2, 0) is 14.3 Å². The van der Waals surface area contributed by atoms with Crippen molar-refractivity contribution in [2.24, 2.45) is 5.73 Å². The van der Waals surface area contributed by atoms with Crippen LogP contribution in [0.5, 0.6) is 0 Å². The number of rotatable bonds is 7. The first-order valence-corrected chi connectivity index (χ1v) is 6.06. The van der Waals surface area contributed by atoms with Gasteiger partial charge in [0.1, 0.15) is 6.61 Å². The fraction of sp³-hybridized carbons (Fsp3) is 0.818. The number of carbonyl (C=O) groups excluding carboxylic acids is 2. The number of hydrogen-bond donors (Lipinski definition) is 2. The van der Waals surface area contributed by atoms with Crippen molar-refractivity contribution in [1.82, 2.24) is 10.2 Å². The minimum absolute atomic E-state index is 0.00903. The van der Waals surface area contributed by atoms with Crippen molar-refractivity contribution in [1.29, 1.82) is 0 Å². The molecule has 0 aromatic heterocycles. The average molecular weight is 243 g/mol. The minimum atomic E-state index is -0.201. The normalized spacial score (nSPS) is 15.0. The molecule has 1 aliphatic rings. The Morgan fingerprint density at radius 1 is 1.29 bits per heavy atom. The van der Waals surface area contributed by atoms with Gasteiger partial charge in [-0.05, 0) is 12.8 Å². The van der Waals surface area contributed by atoms with Crippen molar-refractivity contribution in [2.75, 3.05) is 39.4 Å². The predicted octanol–water partition coefficient (Wildman–Crippen LogP) is -0.910. The monoisotopic (exact) mass is 243 g/mol. The zero-order chi connectivity index (χ0) is 12.5. The smallest absolute Gasteiger partial charge is 0.246 e.